The number of pyridine rings is 1. The Morgan fingerprint density at radius 1 is 1.33 bits per heavy atom. The van der Waals surface area contributed by atoms with Crippen LogP contribution in [0.15, 0.2) is 24.3 Å². The van der Waals surface area contributed by atoms with Crippen LogP contribution in [0.3, 0.4) is 0 Å². The maximum atomic E-state index is 13.4. The number of carbonyl (C=O) groups is 1. The molecule has 1 saturated carbocycles. The van der Waals surface area contributed by atoms with Crippen molar-refractivity contribution in [3.05, 3.63) is 41.3 Å². The van der Waals surface area contributed by atoms with E-state index in [-0.39, 0.29) is 23.4 Å². The van der Waals surface area contributed by atoms with Crippen molar-refractivity contribution in [2.45, 2.75) is 50.7 Å². The van der Waals surface area contributed by atoms with Crippen molar-refractivity contribution in [2.75, 3.05) is 6.61 Å². The second-order valence-corrected chi connectivity index (χ2v) is 7.05. The molecule has 0 radical (unpaired) electrons. The number of aryl methyl sites for hydroxylation is 1. The molecular formula is C19H21FN2O2. The monoisotopic (exact) mass is 328 g/mol. The van der Waals surface area contributed by atoms with Crippen molar-refractivity contribution in [3.8, 4) is 0 Å². The molecule has 0 unspecified atom stereocenters. The number of amides is 1. The maximum Gasteiger partial charge on any atom is 0.252 e. The molecule has 4 rings (SSSR count). The molecule has 0 bridgehead atoms. The molecule has 5 heteroatoms. The first kappa shape index (κ1) is 15.5. The van der Waals surface area contributed by atoms with Gasteiger partial charge in [-0.1, -0.05) is 12.8 Å². The van der Waals surface area contributed by atoms with Gasteiger partial charge in [0.2, 0.25) is 0 Å². The lowest BCUT2D eigenvalue weighted by atomic mass is 9.96. The van der Waals surface area contributed by atoms with Gasteiger partial charge in [0.1, 0.15) is 5.82 Å². The summed E-state index contributed by atoms with van der Waals surface area (Å²) in [4.78, 5) is 17.1. The number of ether oxygens (including phenoxy) is 1. The summed E-state index contributed by atoms with van der Waals surface area (Å²) >= 11 is 0. The van der Waals surface area contributed by atoms with Crippen LogP contribution in [-0.4, -0.2) is 29.1 Å². The van der Waals surface area contributed by atoms with Crippen LogP contribution in [0.5, 0.6) is 0 Å². The largest absolute Gasteiger partial charge is 0.373 e. The van der Waals surface area contributed by atoms with Crippen LogP contribution in [-0.2, 0) is 4.74 Å². The van der Waals surface area contributed by atoms with Gasteiger partial charge in [-0.25, -0.2) is 4.39 Å². The van der Waals surface area contributed by atoms with E-state index in [9.17, 15) is 9.18 Å². The maximum absolute atomic E-state index is 13.4. The van der Waals surface area contributed by atoms with Gasteiger partial charge in [0, 0.05) is 17.1 Å². The predicted molar refractivity (Wildman–Crippen MR) is 89.5 cm³/mol. The van der Waals surface area contributed by atoms with Crippen molar-refractivity contribution >= 4 is 16.8 Å². The van der Waals surface area contributed by atoms with E-state index in [1.807, 2.05) is 6.92 Å². The Hall–Kier alpha value is -2.01. The third-order valence-electron chi connectivity index (χ3n) is 5.20. The molecule has 1 aliphatic carbocycles. The van der Waals surface area contributed by atoms with Gasteiger partial charge in [0.25, 0.3) is 5.91 Å². The Labute approximate surface area is 140 Å². The van der Waals surface area contributed by atoms with Gasteiger partial charge in [0.05, 0.1) is 29.3 Å². The molecule has 1 spiro atoms. The molecule has 1 amide bonds. The quantitative estimate of drug-likeness (QED) is 0.918. The summed E-state index contributed by atoms with van der Waals surface area (Å²) < 4.78 is 19.4. The van der Waals surface area contributed by atoms with Crippen LogP contribution in [0.25, 0.3) is 10.9 Å². The molecule has 24 heavy (non-hydrogen) atoms. The van der Waals surface area contributed by atoms with Crippen molar-refractivity contribution in [1.82, 2.24) is 10.3 Å². The van der Waals surface area contributed by atoms with E-state index in [0.29, 0.717) is 28.8 Å². The Balaban J connectivity index is 1.57. The van der Waals surface area contributed by atoms with Crippen LogP contribution in [0.1, 0.15) is 48.2 Å². The van der Waals surface area contributed by atoms with Gasteiger partial charge in [-0.15, -0.1) is 0 Å². The fourth-order valence-electron chi connectivity index (χ4n) is 4.09. The van der Waals surface area contributed by atoms with E-state index in [1.165, 1.54) is 25.0 Å². The Bertz CT molecular complexity index is 794. The van der Waals surface area contributed by atoms with Crippen LogP contribution in [0.4, 0.5) is 4.39 Å². The smallest absolute Gasteiger partial charge is 0.252 e. The van der Waals surface area contributed by atoms with Gasteiger partial charge in [-0.05, 0) is 44.4 Å². The average molecular weight is 328 g/mol. The van der Waals surface area contributed by atoms with E-state index < -0.39 is 0 Å². The molecular weight excluding hydrogens is 307 g/mol. The second-order valence-electron chi connectivity index (χ2n) is 7.05. The van der Waals surface area contributed by atoms with Gasteiger partial charge >= 0.3 is 0 Å². The van der Waals surface area contributed by atoms with Crippen molar-refractivity contribution in [1.29, 1.82) is 0 Å². The standard InChI is InChI=1S/C19H21FN2O2/c1-12-8-16(15-5-4-13(20)9-17(15)21-12)18(23)22-14-10-19(24-11-14)6-2-3-7-19/h4-5,8-9,14H,2-3,6-7,10-11H2,1H3,(H,22,23)/t14-/m0/s1. The Morgan fingerprint density at radius 2 is 2.12 bits per heavy atom. The molecule has 2 aliphatic rings. The first-order chi connectivity index (χ1) is 11.5. The van der Waals surface area contributed by atoms with Crippen molar-refractivity contribution in [3.63, 3.8) is 0 Å². The van der Waals surface area contributed by atoms with E-state index in [0.717, 1.165) is 19.3 Å². The van der Waals surface area contributed by atoms with E-state index in [4.69, 9.17) is 4.74 Å². The van der Waals surface area contributed by atoms with Crippen LogP contribution < -0.4 is 5.32 Å². The number of aromatic nitrogens is 1. The zero-order valence-electron chi connectivity index (χ0n) is 13.8. The molecule has 1 aromatic carbocycles. The van der Waals surface area contributed by atoms with E-state index >= 15 is 0 Å². The van der Waals surface area contributed by atoms with Crippen LogP contribution >= 0.6 is 0 Å². The highest BCUT2D eigenvalue weighted by Gasteiger charge is 2.42. The minimum Gasteiger partial charge on any atom is -0.373 e. The van der Waals surface area contributed by atoms with Crippen LogP contribution in [0.2, 0.25) is 0 Å². The summed E-state index contributed by atoms with van der Waals surface area (Å²) in [6, 6.07) is 6.15. The van der Waals surface area contributed by atoms with Gasteiger partial charge in [-0.3, -0.25) is 9.78 Å². The highest BCUT2D eigenvalue weighted by Crippen LogP contribution is 2.40. The first-order valence-corrected chi connectivity index (χ1v) is 8.56. The summed E-state index contributed by atoms with van der Waals surface area (Å²) in [7, 11) is 0. The van der Waals surface area contributed by atoms with Gasteiger partial charge in [-0.2, -0.15) is 0 Å². The number of fused-ring (bicyclic) bond motifs is 1. The molecule has 4 nitrogen and oxygen atoms in total. The number of benzene rings is 1. The summed E-state index contributed by atoms with van der Waals surface area (Å²) in [6.07, 6.45) is 5.49. The minimum atomic E-state index is -0.348. The summed E-state index contributed by atoms with van der Waals surface area (Å²) in [5, 5.41) is 3.77. The normalized spacial score (nSPS) is 22.3. The van der Waals surface area contributed by atoms with Crippen molar-refractivity contribution < 1.29 is 13.9 Å². The number of hydrogen-bond donors (Lipinski definition) is 1. The summed E-state index contributed by atoms with van der Waals surface area (Å²) in [5.41, 5.74) is 1.74. The lowest BCUT2D eigenvalue weighted by Crippen LogP contribution is -2.36. The number of rotatable bonds is 2. The molecule has 1 saturated heterocycles. The molecule has 126 valence electrons. The zero-order valence-corrected chi connectivity index (χ0v) is 13.8. The molecule has 2 heterocycles. The van der Waals surface area contributed by atoms with Crippen LogP contribution in [0, 0.1) is 12.7 Å². The number of nitrogens with one attached hydrogen (secondary N) is 1. The molecule has 1 atom stereocenters. The van der Waals surface area contributed by atoms with E-state index in [2.05, 4.69) is 10.3 Å². The minimum absolute atomic E-state index is 0.0166. The number of carbonyl (C=O) groups excluding carboxylic acids is 1. The fraction of sp³-hybridized carbons (Fsp3) is 0.474. The van der Waals surface area contributed by atoms with E-state index in [1.54, 1.807) is 12.1 Å². The molecule has 1 N–H and O–H groups in total. The SMILES string of the molecule is Cc1cc(C(=O)N[C@@H]2COC3(CCCC3)C2)c2ccc(F)cc2n1. The van der Waals surface area contributed by atoms with Gasteiger partial charge in [0.15, 0.2) is 0 Å². The second kappa shape index (κ2) is 5.81. The van der Waals surface area contributed by atoms with Gasteiger partial charge < -0.3 is 10.1 Å². The molecule has 1 aromatic heterocycles. The highest BCUT2D eigenvalue weighted by molar-refractivity contribution is 6.06. The lowest BCUT2D eigenvalue weighted by Gasteiger charge is -2.21. The topological polar surface area (TPSA) is 51.2 Å². The molecule has 1 aliphatic heterocycles. The molecule has 2 fully saturated rings. The number of halogens is 1. The lowest BCUT2D eigenvalue weighted by molar-refractivity contribution is 0.00988. The highest BCUT2D eigenvalue weighted by atomic mass is 19.1. The summed E-state index contributed by atoms with van der Waals surface area (Å²) in [5.74, 6) is -0.486. The number of hydrogen-bond acceptors (Lipinski definition) is 3. The predicted octanol–water partition coefficient (Wildman–Crippen LogP) is 3.51. The zero-order chi connectivity index (χ0) is 16.7. The fourth-order valence-corrected chi connectivity index (χ4v) is 4.09. The average Bonchev–Trinajstić information content (AvgIpc) is 3.16. The Morgan fingerprint density at radius 3 is 2.92 bits per heavy atom. The first-order valence-electron chi connectivity index (χ1n) is 8.56. The Kier molecular flexibility index (Phi) is 3.76. The van der Waals surface area contributed by atoms with Crippen molar-refractivity contribution in [2.24, 2.45) is 0 Å². The third-order valence-corrected chi connectivity index (χ3v) is 5.20. The number of nitrogens with zero attached hydrogens (tertiary/aromatic N) is 1. The summed E-state index contributed by atoms with van der Waals surface area (Å²) in [6.45, 7) is 2.38. The molecule has 2 aromatic rings. The third kappa shape index (κ3) is 2.77.